The SMILES string of the molecule is Cc1[nH]c2ccc(NC(=O)c3cccc(-c4ccncc4)n3)cc2c1C. The summed E-state index contributed by atoms with van der Waals surface area (Å²) in [6.45, 7) is 4.11. The van der Waals surface area contributed by atoms with Crippen LogP contribution in [0, 0.1) is 13.8 Å². The number of H-pyrrole nitrogens is 1. The van der Waals surface area contributed by atoms with Gasteiger partial charge in [-0.3, -0.25) is 9.78 Å². The average molecular weight is 342 g/mol. The van der Waals surface area contributed by atoms with E-state index in [2.05, 4.69) is 27.2 Å². The molecule has 0 fully saturated rings. The minimum atomic E-state index is -0.231. The topological polar surface area (TPSA) is 70.7 Å². The number of hydrogen-bond acceptors (Lipinski definition) is 3. The molecule has 0 saturated carbocycles. The number of fused-ring (bicyclic) bond motifs is 1. The predicted molar refractivity (Wildman–Crippen MR) is 103 cm³/mol. The van der Waals surface area contributed by atoms with E-state index in [4.69, 9.17) is 0 Å². The van der Waals surface area contributed by atoms with Crippen molar-refractivity contribution in [2.75, 3.05) is 5.32 Å². The van der Waals surface area contributed by atoms with Crippen LogP contribution in [-0.2, 0) is 0 Å². The number of aryl methyl sites for hydroxylation is 2. The van der Waals surface area contributed by atoms with Crippen molar-refractivity contribution in [3.8, 4) is 11.3 Å². The van der Waals surface area contributed by atoms with Gasteiger partial charge in [0.05, 0.1) is 5.69 Å². The molecule has 1 aromatic carbocycles. The number of hydrogen-bond donors (Lipinski definition) is 2. The molecule has 4 rings (SSSR count). The van der Waals surface area contributed by atoms with Crippen LogP contribution < -0.4 is 5.32 Å². The van der Waals surface area contributed by atoms with Crippen LogP contribution in [-0.4, -0.2) is 20.9 Å². The largest absolute Gasteiger partial charge is 0.358 e. The van der Waals surface area contributed by atoms with Crippen molar-refractivity contribution in [3.05, 3.63) is 77.9 Å². The van der Waals surface area contributed by atoms with Crippen LogP contribution in [0.3, 0.4) is 0 Å². The van der Waals surface area contributed by atoms with Crippen molar-refractivity contribution in [2.24, 2.45) is 0 Å². The third-order valence-electron chi connectivity index (χ3n) is 4.52. The van der Waals surface area contributed by atoms with Crippen LogP contribution in [0.25, 0.3) is 22.2 Å². The molecule has 5 nitrogen and oxygen atoms in total. The van der Waals surface area contributed by atoms with Crippen molar-refractivity contribution in [1.82, 2.24) is 15.0 Å². The summed E-state index contributed by atoms with van der Waals surface area (Å²) < 4.78 is 0. The number of rotatable bonds is 3. The van der Waals surface area contributed by atoms with Gasteiger partial charge in [-0.1, -0.05) is 6.07 Å². The normalized spacial score (nSPS) is 10.8. The maximum Gasteiger partial charge on any atom is 0.274 e. The zero-order chi connectivity index (χ0) is 18.1. The minimum absolute atomic E-state index is 0.231. The summed E-state index contributed by atoms with van der Waals surface area (Å²) in [6.07, 6.45) is 3.42. The number of carbonyl (C=O) groups excluding carboxylic acids is 1. The summed E-state index contributed by atoms with van der Waals surface area (Å²) in [6, 6.07) is 15.0. The molecule has 3 aromatic heterocycles. The molecule has 4 aromatic rings. The molecule has 1 amide bonds. The number of aromatic nitrogens is 3. The van der Waals surface area contributed by atoms with Gasteiger partial charge < -0.3 is 10.3 Å². The number of nitrogens with one attached hydrogen (secondary N) is 2. The van der Waals surface area contributed by atoms with E-state index in [1.165, 1.54) is 5.56 Å². The van der Waals surface area contributed by atoms with Crippen LogP contribution in [0.2, 0.25) is 0 Å². The summed E-state index contributed by atoms with van der Waals surface area (Å²) in [4.78, 5) is 24.4. The Labute approximate surface area is 151 Å². The van der Waals surface area contributed by atoms with Gasteiger partial charge in [-0.15, -0.1) is 0 Å². The Morgan fingerprint density at radius 3 is 2.65 bits per heavy atom. The Kier molecular flexibility index (Phi) is 3.97. The van der Waals surface area contributed by atoms with Gasteiger partial charge in [0.1, 0.15) is 5.69 Å². The van der Waals surface area contributed by atoms with E-state index in [-0.39, 0.29) is 5.91 Å². The molecule has 0 radical (unpaired) electrons. The predicted octanol–water partition coefficient (Wildman–Crippen LogP) is 4.49. The van der Waals surface area contributed by atoms with E-state index in [1.54, 1.807) is 18.5 Å². The van der Waals surface area contributed by atoms with E-state index in [0.29, 0.717) is 5.69 Å². The van der Waals surface area contributed by atoms with Crippen molar-refractivity contribution < 1.29 is 4.79 Å². The Balaban J connectivity index is 1.61. The average Bonchev–Trinajstić information content (AvgIpc) is 2.96. The number of nitrogens with zero attached hydrogens (tertiary/aromatic N) is 2. The summed E-state index contributed by atoms with van der Waals surface area (Å²) in [5.41, 5.74) is 6.18. The van der Waals surface area contributed by atoms with Gasteiger partial charge in [-0.2, -0.15) is 0 Å². The number of pyridine rings is 2. The zero-order valence-corrected chi connectivity index (χ0v) is 14.6. The van der Waals surface area contributed by atoms with E-state index < -0.39 is 0 Å². The molecule has 3 heterocycles. The van der Waals surface area contributed by atoms with Gasteiger partial charge in [0, 0.05) is 40.2 Å². The summed E-state index contributed by atoms with van der Waals surface area (Å²) in [5, 5.41) is 4.05. The van der Waals surface area contributed by atoms with Gasteiger partial charge in [0.15, 0.2) is 0 Å². The van der Waals surface area contributed by atoms with Crippen molar-refractivity contribution in [3.63, 3.8) is 0 Å². The zero-order valence-electron chi connectivity index (χ0n) is 14.6. The van der Waals surface area contributed by atoms with E-state index in [1.807, 2.05) is 49.4 Å². The van der Waals surface area contributed by atoms with Crippen molar-refractivity contribution in [1.29, 1.82) is 0 Å². The minimum Gasteiger partial charge on any atom is -0.358 e. The fourth-order valence-electron chi connectivity index (χ4n) is 2.98. The quantitative estimate of drug-likeness (QED) is 0.576. The summed E-state index contributed by atoms with van der Waals surface area (Å²) in [5.74, 6) is -0.231. The molecule has 0 atom stereocenters. The van der Waals surface area contributed by atoms with Crippen LogP contribution in [0.5, 0.6) is 0 Å². The molecular weight excluding hydrogens is 324 g/mol. The number of carbonyl (C=O) groups is 1. The van der Waals surface area contributed by atoms with Crippen molar-refractivity contribution >= 4 is 22.5 Å². The maximum atomic E-state index is 12.6. The highest BCUT2D eigenvalue weighted by molar-refractivity contribution is 6.04. The summed E-state index contributed by atoms with van der Waals surface area (Å²) >= 11 is 0. The molecule has 0 unspecified atom stereocenters. The second-order valence-corrected chi connectivity index (χ2v) is 6.23. The Hall–Kier alpha value is -3.47. The lowest BCUT2D eigenvalue weighted by atomic mass is 10.1. The van der Waals surface area contributed by atoms with Gasteiger partial charge in [0.25, 0.3) is 5.91 Å². The second-order valence-electron chi connectivity index (χ2n) is 6.23. The Morgan fingerprint density at radius 2 is 1.85 bits per heavy atom. The molecule has 0 aliphatic carbocycles. The Morgan fingerprint density at radius 1 is 1.04 bits per heavy atom. The number of benzene rings is 1. The smallest absolute Gasteiger partial charge is 0.274 e. The van der Waals surface area contributed by atoms with Crippen LogP contribution in [0.4, 0.5) is 5.69 Å². The van der Waals surface area contributed by atoms with Crippen molar-refractivity contribution in [2.45, 2.75) is 13.8 Å². The summed E-state index contributed by atoms with van der Waals surface area (Å²) in [7, 11) is 0. The lowest BCUT2D eigenvalue weighted by Crippen LogP contribution is -2.13. The highest BCUT2D eigenvalue weighted by Crippen LogP contribution is 2.25. The molecule has 0 aliphatic rings. The maximum absolute atomic E-state index is 12.6. The molecule has 0 spiro atoms. The first-order chi connectivity index (χ1) is 12.6. The fourth-order valence-corrected chi connectivity index (χ4v) is 2.98. The number of amides is 1. The first-order valence-corrected chi connectivity index (χ1v) is 8.39. The van der Waals surface area contributed by atoms with E-state index in [0.717, 1.165) is 33.5 Å². The third kappa shape index (κ3) is 2.95. The first-order valence-electron chi connectivity index (χ1n) is 8.39. The molecule has 2 N–H and O–H groups in total. The highest BCUT2D eigenvalue weighted by Gasteiger charge is 2.11. The number of aromatic amines is 1. The first kappa shape index (κ1) is 16.0. The molecule has 5 heteroatoms. The molecule has 0 aliphatic heterocycles. The molecule has 0 saturated heterocycles. The standard InChI is InChI=1S/C21H18N4O/c1-13-14(2)23-19-7-6-16(12-17(13)19)24-21(26)20-5-3-4-18(25-20)15-8-10-22-11-9-15/h3-12,23H,1-2H3,(H,24,26). The van der Waals surface area contributed by atoms with Crippen LogP contribution >= 0.6 is 0 Å². The van der Waals surface area contributed by atoms with E-state index in [9.17, 15) is 4.79 Å². The molecular formula is C21H18N4O. The van der Waals surface area contributed by atoms with Gasteiger partial charge in [-0.25, -0.2) is 4.98 Å². The van der Waals surface area contributed by atoms with Gasteiger partial charge >= 0.3 is 0 Å². The molecule has 26 heavy (non-hydrogen) atoms. The Bertz CT molecular complexity index is 1100. The van der Waals surface area contributed by atoms with Gasteiger partial charge in [-0.05, 0) is 61.9 Å². The molecule has 0 bridgehead atoms. The lowest BCUT2D eigenvalue weighted by molar-refractivity contribution is 0.102. The highest BCUT2D eigenvalue weighted by atomic mass is 16.1. The van der Waals surface area contributed by atoms with E-state index >= 15 is 0 Å². The van der Waals surface area contributed by atoms with Gasteiger partial charge in [0.2, 0.25) is 0 Å². The van der Waals surface area contributed by atoms with Crippen LogP contribution in [0.1, 0.15) is 21.7 Å². The third-order valence-corrected chi connectivity index (χ3v) is 4.52. The monoisotopic (exact) mass is 342 g/mol. The fraction of sp³-hybridized carbons (Fsp3) is 0.0952. The second kappa shape index (κ2) is 6.44. The lowest BCUT2D eigenvalue weighted by Gasteiger charge is -2.07. The molecule has 128 valence electrons. The van der Waals surface area contributed by atoms with Crippen LogP contribution in [0.15, 0.2) is 60.9 Å². The number of anilines is 1.